The summed E-state index contributed by atoms with van der Waals surface area (Å²) >= 11 is 1.35. The van der Waals surface area contributed by atoms with Crippen LogP contribution in [0.25, 0.3) is 11.1 Å². The molecule has 1 fully saturated rings. The summed E-state index contributed by atoms with van der Waals surface area (Å²) in [5.41, 5.74) is 6.53. The molecule has 0 radical (unpaired) electrons. The fourth-order valence-electron chi connectivity index (χ4n) is 5.36. The van der Waals surface area contributed by atoms with Gasteiger partial charge >= 0.3 is 0 Å². The number of alkyl halides is 2. The van der Waals surface area contributed by atoms with Crippen LogP contribution in [0.15, 0.2) is 53.9 Å². The third-order valence-electron chi connectivity index (χ3n) is 7.56. The zero-order valence-corrected chi connectivity index (χ0v) is 22.9. The summed E-state index contributed by atoms with van der Waals surface area (Å²) in [7, 11) is 0. The summed E-state index contributed by atoms with van der Waals surface area (Å²) in [6.45, 7) is 1.32. The van der Waals surface area contributed by atoms with Crippen LogP contribution in [-0.2, 0) is 15.5 Å². The number of amides is 3. The van der Waals surface area contributed by atoms with Gasteiger partial charge in [0.25, 0.3) is 11.8 Å². The smallest absolute Gasteiger partial charge is 0.299 e. The Kier molecular flexibility index (Phi) is 7.62. The van der Waals surface area contributed by atoms with Crippen molar-refractivity contribution in [3.8, 4) is 11.1 Å². The minimum absolute atomic E-state index is 0.0749. The highest BCUT2D eigenvalue weighted by molar-refractivity contribution is 7.10. The molecule has 12 heteroatoms. The molecular weight excluding hydrogens is 552 g/mol. The first-order valence-electron chi connectivity index (χ1n) is 13.0. The SMILES string of the molecule is C[C@@H](NC(=O)[C@@H]1C[C@H](CO)CN1C(=O)CNC(=O)c1ccc2c(c1)-c1ccccc1C2(F)F)c1cc(C(=N)N)cs1. The first-order chi connectivity index (χ1) is 19.5. The molecule has 1 aliphatic heterocycles. The van der Waals surface area contributed by atoms with Crippen LogP contribution < -0.4 is 16.4 Å². The normalized spacial score (nSPS) is 19.3. The minimum atomic E-state index is -3.16. The molecule has 1 saturated heterocycles. The summed E-state index contributed by atoms with van der Waals surface area (Å²) in [6.07, 6.45) is 0.260. The van der Waals surface area contributed by atoms with Crippen molar-refractivity contribution in [2.75, 3.05) is 19.7 Å². The molecule has 2 aliphatic rings. The fraction of sp³-hybridized carbons (Fsp3) is 0.310. The molecular formula is C29H29F2N5O4S. The Bertz CT molecular complexity index is 1540. The number of hydrogen-bond acceptors (Lipinski definition) is 6. The van der Waals surface area contributed by atoms with Crippen molar-refractivity contribution >= 4 is 34.9 Å². The van der Waals surface area contributed by atoms with Gasteiger partial charge in [-0.3, -0.25) is 19.8 Å². The average Bonchev–Trinajstić information content (AvgIpc) is 3.68. The molecule has 3 amide bonds. The third kappa shape index (κ3) is 5.32. The van der Waals surface area contributed by atoms with Gasteiger partial charge in [-0.1, -0.05) is 30.3 Å². The van der Waals surface area contributed by atoms with E-state index in [1.807, 2.05) is 0 Å². The number of aliphatic hydroxyl groups excluding tert-OH is 1. The first kappa shape index (κ1) is 28.4. The molecule has 0 saturated carbocycles. The lowest BCUT2D eigenvalue weighted by atomic mass is 10.0. The number of thiophene rings is 1. The number of likely N-dealkylation sites (tertiary alicyclic amines) is 1. The van der Waals surface area contributed by atoms with Gasteiger partial charge in [0, 0.05) is 51.6 Å². The molecule has 1 aliphatic carbocycles. The Morgan fingerprint density at radius 2 is 1.88 bits per heavy atom. The fourth-order valence-corrected chi connectivity index (χ4v) is 6.28. The summed E-state index contributed by atoms with van der Waals surface area (Å²) < 4.78 is 29.7. The molecule has 6 N–H and O–H groups in total. The van der Waals surface area contributed by atoms with Crippen LogP contribution in [0.1, 0.15) is 51.3 Å². The number of aliphatic hydroxyl groups is 1. The van der Waals surface area contributed by atoms with Gasteiger partial charge < -0.3 is 26.4 Å². The molecule has 3 atom stereocenters. The Morgan fingerprint density at radius 1 is 1.15 bits per heavy atom. The van der Waals surface area contributed by atoms with Crippen LogP contribution in [0.4, 0.5) is 8.78 Å². The highest BCUT2D eigenvalue weighted by Crippen LogP contribution is 2.50. The lowest BCUT2D eigenvalue weighted by Gasteiger charge is -2.25. The summed E-state index contributed by atoms with van der Waals surface area (Å²) in [5, 5.41) is 24.4. The second kappa shape index (κ2) is 11.0. The first-order valence-corrected chi connectivity index (χ1v) is 13.9. The van der Waals surface area contributed by atoms with Crippen LogP contribution in [-0.4, -0.2) is 59.3 Å². The Balaban J connectivity index is 1.25. The van der Waals surface area contributed by atoms with Crippen molar-refractivity contribution in [1.82, 2.24) is 15.5 Å². The summed E-state index contributed by atoms with van der Waals surface area (Å²) in [5.74, 6) is -5.05. The second-order valence-electron chi connectivity index (χ2n) is 10.3. The van der Waals surface area contributed by atoms with Gasteiger partial charge in [-0.2, -0.15) is 8.78 Å². The van der Waals surface area contributed by atoms with Gasteiger partial charge in [0.1, 0.15) is 11.9 Å². The molecule has 214 valence electrons. The molecule has 3 aromatic rings. The monoisotopic (exact) mass is 581 g/mol. The molecule has 1 aromatic heterocycles. The number of amidine groups is 1. The number of rotatable bonds is 8. The van der Waals surface area contributed by atoms with Crippen molar-refractivity contribution in [2.45, 2.75) is 31.4 Å². The largest absolute Gasteiger partial charge is 0.396 e. The number of nitrogens with two attached hydrogens (primary N) is 1. The van der Waals surface area contributed by atoms with E-state index in [0.717, 1.165) is 4.88 Å². The number of halogens is 2. The van der Waals surface area contributed by atoms with E-state index >= 15 is 0 Å². The van der Waals surface area contributed by atoms with E-state index in [2.05, 4.69) is 10.6 Å². The van der Waals surface area contributed by atoms with Gasteiger partial charge in [0.15, 0.2) is 0 Å². The third-order valence-corrected chi connectivity index (χ3v) is 8.68. The van der Waals surface area contributed by atoms with Crippen molar-refractivity contribution in [3.05, 3.63) is 81.0 Å². The average molecular weight is 582 g/mol. The molecule has 0 unspecified atom stereocenters. The van der Waals surface area contributed by atoms with Gasteiger partial charge in [-0.25, -0.2) is 0 Å². The van der Waals surface area contributed by atoms with E-state index in [0.29, 0.717) is 11.1 Å². The number of fused-ring (bicyclic) bond motifs is 3. The minimum Gasteiger partial charge on any atom is -0.396 e. The lowest BCUT2D eigenvalue weighted by molar-refractivity contribution is -0.138. The van der Waals surface area contributed by atoms with Crippen LogP contribution in [0, 0.1) is 11.3 Å². The number of benzene rings is 2. The predicted molar refractivity (Wildman–Crippen MR) is 150 cm³/mol. The van der Waals surface area contributed by atoms with E-state index in [9.17, 15) is 28.3 Å². The molecule has 0 spiro atoms. The molecule has 9 nitrogen and oxygen atoms in total. The van der Waals surface area contributed by atoms with E-state index in [1.54, 1.807) is 30.5 Å². The van der Waals surface area contributed by atoms with E-state index in [4.69, 9.17) is 11.1 Å². The van der Waals surface area contributed by atoms with Gasteiger partial charge in [-0.15, -0.1) is 11.3 Å². The summed E-state index contributed by atoms with van der Waals surface area (Å²) in [4.78, 5) is 41.4. The molecule has 2 heterocycles. The van der Waals surface area contributed by atoms with E-state index < -0.39 is 42.3 Å². The van der Waals surface area contributed by atoms with Gasteiger partial charge in [0.05, 0.1) is 12.6 Å². The van der Waals surface area contributed by atoms with Crippen LogP contribution in [0.2, 0.25) is 0 Å². The van der Waals surface area contributed by atoms with Crippen LogP contribution in [0.3, 0.4) is 0 Å². The molecule has 2 aromatic carbocycles. The Labute approximate surface area is 238 Å². The molecule has 41 heavy (non-hydrogen) atoms. The van der Waals surface area contributed by atoms with Crippen molar-refractivity contribution < 1.29 is 28.3 Å². The number of carbonyl (C=O) groups excluding carboxylic acids is 3. The maximum Gasteiger partial charge on any atom is 0.299 e. The number of carbonyl (C=O) groups is 3. The highest BCUT2D eigenvalue weighted by Gasteiger charge is 2.44. The Morgan fingerprint density at radius 3 is 2.59 bits per heavy atom. The zero-order valence-electron chi connectivity index (χ0n) is 22.1. The molecule has 0 bridgehead atoms. The maximum atomic E-state index is 14.8. The molecule has 5 rings (SSSR count). The Hall–Kier alpha value is -4.16. The predicted octanol–water partition coefficient (Wildman–Crippen LogP) is 2.97. The topological polar surface area (TPSA) is 149 Å². The van der Waals surface area contributed by atoms with Gasteiger partial charge in [0.2, 0.25) is 11.8 Å². The second-order valence-corrected chi connectivity index (χ2v) is 11.2. The van der Waals surface area contributed by atoms with Gasteiger partial charge in [-0.05, 0) is 42.7 Å². The van der Waals surface area contributed by atoms with E-state index in [1.165, 1.54) is 46.6 Å². The van der Waals surface area contributed by atoms with Crippen molar-refractivity contribution in [1.29, 1.82) is 5.41 Å². The summed E-state index contributed by atoms with van der Waals surface area (Å²) in [6, 6.07) is 10.5. The van der Waals surface area contributed by atoms with Crippen molar-refractivity contribution in [2.24, 2.45) is 11.7 Å². The van der Waals surface area contributed by atoms with Crippen LogP contribution >= 0.6 is 11.3 Å². The maximum absolute atomic E-state index is 14.8. The zero-order chi connectivity index (χ0) is 29.5. The number of hydrogen-bond donors (Lipinski definition) is 5. The number of nitrogens with one attached hydrogen (secondary N) is 3. The van der Waals surface area contributed by atoms with Crippen molar-refractivity contribution in [3.63, 3.8) is 0 Å². The number of nitrogen functional groups attached to an aromatic ring is 1. The van der Waals surface area contributed by atoms with Crippen LogP contribution in [0.5, 0.6) is 0 Å². The quantitative estimate of drug-likeness (QED) is 0.205. The highest BCUT2D eigenvalue weighted by atomic mass is 32.1. The number of nitrogens with zero attached hydrogens (tertiary/aromatic N) is 1. The van der Waals surface area contributed by atoms with E-state index in [-0.39, 0.29) is 53.6 Å². The standard InChI is InChI=1S/C29H29F2N5O4S/c1-15(24-10-18(14-41-24)26(32)33)35-28(40)23-8-16(13-37)12-36(23)25(38)11-34-27(39)17-6-7-22-20(9-17)19-4-2-3-5-21(19)29(22,30)31/h2-7,9-10,14-16,23,37H,8,11-13H2,1H3,(H3,32,33)(H,34,39)(H,35,40)/t15-,16+,23+/m1/s1. The lowest BCUT2D eigenvalue weighted by Crippen LogP contribution is -2.49.